The second-order valence-corrected chi connectivity index (χ2v) is 5.64. The Labute approximate surface area is 144 Å². The van der Waals surface area contributed by atoms with Crippen molar-refractivity contribution >= 4 is 11.6 Å². The quantitative estimate of drug-likeness (QED) is 0.736. The molecule has 0 saturated carbocycles. The zero-order chi connectivity index (χ0) is 16.9. The number of nitrogens with one attached hydrogen (secondary N) is 1. The van der Waals surface area contributed by atoms with Gasteiger partial charge in [0.05, 0.1) is 11.6 Å². The molecule has 2 aromatic carbocycles. The number of tetrazole rings is 1. The van der Waals surface area contributed by atoms with Gasteiger partial charge in [-0.1, -0.05) is 41.4 Å². The summed E-state index contributed by atoms with van der Waals surface area (Å²) in [6.45, 7) is 4.84. The molecular weight excluding hydrogens is 328 g/mol. The Morgan fingerprint density at radius 2 is 2.04 bits per heavy atom. The van der Waals surface area contributed by atoms with E-state index < -0.39 is 0 Å². The fourth-order valence-electron chi connectivity index (χ4n) is 2.34. The van der Waals surface area contributed by atoms with Gasteiger partial charge in [-0.3, -0.25) is 0 Å². The van der Waals surface area contributed by atoms with Gasteiger partial charge >= 0.3 is 0 Å². The topological polar surface area (TPSA) is 72.9 Å². The fourth-order valence-corrected chi connectivity index (χ4v) is 2.61. The molecule has 1 aromatic heterocycles. The number of benzene rings is 2. The van der Waals surface area contributed by atoms with Gasteiger partial charge in [0.1, 0.15) is 6.61 Å². The maximum Gasteiger partial charge on any atom is 0.204 e. The first-order chi connectivity index (χ1) is 11.7. The molecule has 3 rings (SSSR count). The molecule has 1 heterocycles. The monoisotopic (exact) mass is 344 g/mol. The summed E-state index contributed by atoms with van der Waals surface area (Å²) in [5.41, 5.74) is 2.95. The lowest BCUT2D eigenvalue weighted by atomic mass is 10.1. The van der Waals surface area contributed by atoms with Crippen LogP contribution in [0.4, 0.5) is 0 Å². The highest BCUT2D eigenvalue weighted by Gasteiger charge is 2.15. The van der Waals surface area contributed by atoms with E-state index in [1.807, 2.05) is 32.0 Å². The molecule has 7 heteroatoms. The van der Waals surface area contributed by atoms with Gasteiger partial charge in [0.25, 0.3) is 0 Å². The van der Waals surface area contributed by atoms with Crippen molar-refractivity contribution in [2.75, 3.05) is 6.61 Å². The van der Waals surface area contributed by atoms with Gasteiger partial charge in [-0.2, -0.15) is 5.21 Å². The van der Waals surface area contributed by atoms with Crippen LogP contribution in [0.15, 0.2) is 36.4 Å². The summed E-state index contributed by atoms with van der Waals surface area (Å²) >= 11 is 6.39. The number of halogens is 1. The van der Waals surface area contributed by atoms with Crippen molar-refractivity contribution in [3.63, 3.8) is 0 Å². The van der Waals surface area contributed by atoms with Gasteiger partial charge in [0, 0.05) is 5.56 Å². The van der Waals surface area contributed by atoms with Crippen molar-refractivity contribution in [1.82, 2.24) is 20.6 Å². The van der Waals surface area contributed by atoms with Crippen LogP contribution in [0.25, 0.3) is 11.4 Å². The highest BCUT2D eigenvalue weighted by Crippen LogP contribution is 2.39. The second-order valence-electron chi connectivity index (χ2n) is 5.23. The highest BCUT2D eigenvalue weighted by atomic mass is 35.5. The third-order valence-corrected chi connectivity index (χ3v) is 3.66. The molecule has 124 valence electrons. The van der Waals surface area contributed by atoms with Gasteiger partial charge in [0.2, 0.25) is 5.82 Å². The van der Waals surface area contributed by atoms with Crippen LogP contribution in [0.5, 0.6) is 11.5 Å². The standard InChI is InChI=1S/C17H17ClN4O2/c1-3-23-15-9-13(17-19-21-22-20-17)8-14(18)16(15)24-10-12-6-4-5-11(2)7-12/h4-9H,3,10H2,1-2H3,(H,19,20,21,22). The number of ether oxygens (including phenoxy) is 2. The largest absolute Gasteiger partial charge is 0.490 e. The Morgan fingerprint density at radius 1 is 1.17 bits per heavy atom. The minimum absolute atomic E-state index is 0.406. The molecule has 0 aliphatic rings. The van der Waals surface area contributed by atoms with E-state index in [1.165, 1.54) is 5.56 Å². The fraction of sp³-hybridized carbons (Fsp3) is 0.235. The molecule has 1 N–H and O–H groups in total. The smallest absolute Gasteiger partial charge is 0.204 e. The number of hydrogen-bond acceptors (Lipinski definition) is 5. The Hall–Kier alpha value is -2.60. The number of H-pyrrole nitrogens is 1. The first-order valence-electron chi connectivity index (χ1n) is 7.56. The third-order valence-electron chi connectivity index (χ3n) is 3.38. The Kier molecular flexibility index (Phi) is 4.96. The molecule has 0 aliphatic carbocycles. The summed E-state index contributed by atoms with van der Waals surface area (Å²) in [6.07, 6.45) is 0. The van der Waals surface area contributed by atoms with Crippen molar-refractivity contribution in [3.05, 3.63) is 52.5 Å². The highest BCUT2D eigenvalue weighted by molar-refractivity contribution is 6.32. The molecule has 0 saturated heterocycles. The molecule has 0 spiro atoms. The molecule has 24 heavy (non-hydrogen) atoms. The van der Waals surface area contributed by atoms with E-state index in [0.29, 0.717) is 41.1 Å². The Bertz CT molecular complexity index is 821. The maximum absolute atomic E-state index is 6.39. The molecule has 0 radical (unpaired) electrons. The summed E-state index contributed by atoms with van der Waals surface area (Å²) in [5.74, 6) is 1.51. The van der Waals surface area contributed by atoms with Gasteiger partial charge in [-0.25, -0.2) is 0 Å². The summed E-state index contributed by atoms with van der Waals surface area (Å²) in [5, 5.41) is 14.3. The van der Waals surface area contributed by atoms with Crippen LogP contribution < -0.4 is 9.47 Å². The lowest BCUT2D eigenvalue weighted by Crippen LogP contribution is -2.01. The zero-order valence-corrected chi connectivity index (χ0v) is 14.2. The van der Waals surface area contributed by atoms with E-state index in [2.05, 4.69) is 26.7 Å². The summed E-state index contributed by atoms with van der Waals surface area (Å²) in [7, 11) is 0. The van der Waals surface area contributed by atoms with Gasteiger partial charge in [-0.05, 0) is 36.8 Å². The van der Waals surface area contributed by atoms with E-state index in [0.717, 1.165) is 5.56 Å². The number of nitrogens with zero attached hydrogens (tertiary/aromatic N) is 3. The lowest BCUT2D eigenvalue weighted by Gasteiger charge is -2.14. The average molecular weight is 345 g/mol. The zero-order valence-electron chi connectivity index (χ0n) is 13.4. The number of aromatic amines is 1. The molecule has 6 nitrogen and oxygen atoms in total. The summed E-state index contributed by atoms with van der Waals surface area (Å²) < 4.78 is 11.6. The minimum atomic E-state index is 0.406. The van der Waals surface area contributed by atoms with Crippen molar-refractivity contribution in [2.24, 2.45) is 0 Å². The van der Waals surface area contributed by atoms with Crippen LogP contribution in [0.2, 0.25) is 5.02 Å². The number of aryl methyl sites for hydroxylation is 1. The van der Waals surface area contributed by atoms with Crippen LogP contribution in [0.1, 0.15) is 18.1 Å². The van der Waals surface area contributed by atoms with Crippen LogP contribution >= 0.6 is 11.6 Å². The van der Waals surface area contributed by atoms with Gasteiger partial charge in [0.15, 0.2) is 11.5 Å². The van der Waals surface area contributed by atoms with Crippen molar-refractivity contribution in [2.45, 2.75) is 20.5 Å². The summed E-state index contributed by atoms with van der Waals surface area (Å²) in [4.78, 5) is 0. The molecular formula is C17H17ClN4O2. The predicted molar refractivity (Wildman–Crippen MR) is 91.3 cm³/mol. The van der Waals surface area contributed by atoms with E-state index in [1.54, 1.807) is 12.1 Å². The number of rotatable bonds is 6. The molecule has 0 atom stereocenters. The van der Waals surface area contributed by atoms with Crippen molar-refractivity contribution in [3.8, 4) is 22.9 Å². The Morgan fingerprint density at radius 3 is 2.75 bits per heavy atom. The molecule has 0 fully saturated rings. The van der Waals surface area contributed by atoms with Gasteiger partial charge in [-0.15, -0.1) is 10.2 Å². The Balaban J connectivity index is 1.88. The minimum Gasteiger partial charge on any atom is -0.490 e. The SMILES string of the molecule is CCOc1cc(-c2nn[nH]n2)cc(Cl)c1OCc1cccc(C)c1. The van der Waals surface area contributed by atoms with Crippen molar-refractivity contribution < 1.29 is 9.47 Å². The first-order valence-corrected chi connectivity index (χ1v) is 7.93. The average Bonchev–Trinajstić information content (AvgIpc) is 3.09. The van der Waals surface area contributed by atoms with Crippen LogP contribution in [0.3, 0.4) is 0 Å². The number of hydrogen-bond donors (Lipinski definition) is 1. The maximum atomic E-state index is 6.39. The predicted octanol–water partition coefficient (Wildman–Crippen LogP) is 3.81. The van der Waals surface area contributed by atoms with E-state index in [-0.39, 0.29) is 0 Å². The van der Waals surface area contributed by atoms with Crippen LogP contribution in [0, 0.1) is 6.92 Å². The third kappa shape index (κ3) is 3.65. The lowest BCUT2D eigenvalue weighted by molar-refractivity contribution is 0.269. The van der Waals surface area contributed by atoms with Gasteiger partial charge < -0.3 is 9.47 Å². The molecule has 0 bridgehead atoms. The first kappa shape index (κ1) is 16.3. The molecule has 0 unspecified atom stereocenters. The van der Waals surface area contributed by atoms with Crippen LogP contribution in [-0.4, -0.2) is 27.2 Å². The second kappa shape index (κ2) is 7.31. The van der Waals surface area contributed by atoms with E-state index >= 15 is 0 Å². The normalized spacial score (nSPS) is 10.6. The molecule has 0 aliphatic heterocycles. The van der Waals surface area contributed by atoms with E-state index in [9.17, 15) is 0 Å². The van der Waals surface area contributed by atoms with Crippen LogP contribution in [-0.2, 0) is 6.61 Å². The summed E-state index contributed by atoms with van der Waals surface area (Å²) in [6, 6.07) is 11.7. The van der Waals surface area contributed by atoms with E-state index in [4.69, 9.17) is 21.1 Å². The molecule has 3 aromatic rings. The molecule has 0 amide bonds. The van der Waals surface area contributed by atoms with Crippen molar-refractivity contribution in [1.29, 1.82) is 0 Å². The number of aromatic nitrogens is 4.